The van der Waals surface area contributed by atoms with Crippen molar-refractivity contribution in [3.05, 3.63) is 23.5 Å². The predicted molar refractivity (Wildman–Crippen MR) is 72.2 cm³/mol. The standard InChI is InChI=1S/C13H19N3O3/c1-8(2)6-16(7-12(14)17)11-4-9(3)15-5-10(11)13(18)19/h4-5,8H,6-7H2,1-3H3,(H2,14,17)(H,18,19). The molecule has 104 valence electrons. The summed E-state index contributed by atoms with van der Waals surface area (Å²) in [5, 5.41) is 9.19. The third-order valence-electron chi connectivity index (χ3n) is 2.52. The van der Waals surface area contributed by atoms with E-state index in [1.807, 2.05) is 13.8 Å². The second-order valence-electron chi connectivity index (χ2n) is 4.89. The number of carbonyl (C=O) groups is 2. The molecule has 1 rings (SSSR count). The Morgan fingerprint density at radius 3 is 2.58 bits per heavy atom. The number of hydrogen-bond acceptors (Lipinski definition) is 4. The first-order chi connectivity index (χ1) is 8.81. The number of pyridine rings is 1. The molecule has 0 aliphatic heterocycles. The first-order valence-electron chi connectivity index (χ1n) is 6.04. The van der Waals surface area contributed by atoms with Gasteiger partial charge in [-0.25, -0.2) is 4.79 Å². The lowest BCUT2D eigenvalue weighted by Gasteiger charge is -2.26. The van der Waals surface area contributed by atoms with Gasteiger partial charge in [-0.1, -0.05) is 13.8 Å². The van der Waals surface area contributed by atoms with Gasteiger partial charge in [-0.3, -0.25) is 9.78 Å². The molecule has 3 N–H and O–H groups in total. The molecule has 0 fully saturated rings. The number of nitrogens with zero attached hydrogens (tertiary/aromatic N) is 2. The third kappa shape index (κ3) is 4.24. The maximum Gasteiger partial charge on any atom is 0.339 e. The summed E-state index contributed by atoms with van der Waals surface area (Å²) in [6.07, 6.45) is 1.31. The van der Waals surface area contributed by atoms with Crippen molar-refractivity contribution in [3.63, 3.8) is 0 Å². The maximum absolute atomic E-state index is 11.2. The van der Waals surface area contributed by atoms with E-state index >= 15 is 0 Å². The minimum absolute atomic E-state index is 0.0120. The molecule has 0 unspecified atom stereocenters. The quantitative estimate of drug-likeness (QED) is 0.801. The Hall–Kier alpha value is -2.11. The van der Waals surface area contributed by atoms with E-state index in [-0.39, 0.29) is 18.0 Å². The average Bonchev–Trinajstić information content (AvgIpc) is 2.26. The van der Waals surface area contributed by atoms with Gasteiger partial charge in [-0.05, 0) is 18.9 Å². The molecule has 0 aliphatic rings. The Bertz CT molecular complexity index is 486. The van der Waals surface area contributed by atoms with Gasteiger partial charge in [-0.15, -0.1) is 0 Å². The van der Waals surface area contributed by atoms with Gasteiger partial charge in [0.25, 0.3) is 0 Å². The number of nitrogens with two attached hydrogens (primary N) is 1. The number of aromatic nitrogens is 1. The molecule has 19 heavy (non-hydrogen) atoms. The van der Waals surface area contributed by atoms with Crippen LogP contribution in [0, 0.1) is 12.8 Å². The Balaban J connectivity index is 3.22. The van der Waals surface area contributed by atoms with E-state index < -0.39 is 11.9 Å². The van der Waals surface area contributed by atoms with Crippen LogP contribution < -0.4 is 10.6 Å². The topological polar surface area (TPSA) is 96.5 Å². The van der Waals surface area contributed by atoms with Crippen LogP contribution >= 0.6 is 0 Å². The molecule has 0 saturated carbocycles. The summed E-state index contributed by atoms with van der Waals surface area (Å²) in [7, 11) is 0. The number of amides is 1. The monoisotopic (exact) mass is 265 g/mol. The van der Waals surface area contributed by atoms with Crippen LogP contribution in [-0.2, 0) is 4.79 Å². The molecule has 1 aromatic rings. The van der Waals surface area contributed by atoms with Gasteiger partial charge in [0, 0.05) is 18.4 Å². The van der Waals surface area contributed by atoms with Crippen molar-refractivity contribution < 1.29 is 14.7 Å². The molecule has 1 amide bonds. The van der Waals surface area contributed by atoms with Crippen LogP contribution in [0.4, 0.5) is 5.69 Å². The van der Waals surface area contributed by atoms with E-state index in [2.05, 4.69) is 4.98 Å². The van der Waals surface area contributed by atoms with Crippen molar-refractivity contribution in [2.45, 2.75) is 20.8 Å². The smallest absolute Gasteiger partial charge is 0.339 e. The van der Waals surface area contributed by atoms with Crippen molar-refractivity contribution >= 4 is 17.6 Å². The Labute approximate surface area is 112 Å². The molecule has 6 nitrogen and oxygen atoms in total. The van der Waals surface area contributed by atoms with Crippen molar-refractivity contribution in [2.24, 2.45) is 11.7 Å². The van der Waals surface area contributed by atoms with Crippen LogP contribution in [0.1, 0.15) is 29.9 Å². The van der Waals surface area contributed by atoms with E-state index in [0.29, 0.717) is 17.9 Å². The minimum atomic E-state index is -1.07. The summed E-state index contributed by atoms with van der Waals surface area (Å²) in [5.74, 6) is -1.29. The normalized spacial score (nSPS) is 10.5. The van der Waals surface area contributed by atoms with Gasteiger partial charge in [0.15, 0.2) is 0 Å². The third-order valence-corrected chi connectivity index (χ3v) is 2.52. The van der Waals surface area contributed by atoms with Crippen molar-refractivity contribution in [1.29, 1.82) is 0 Å². The van der Waals surface area contributed by atoms with E-state index in [1.165, 1.54) is 6.20 Å². The molecule has 1 aromatic heterocycles. The summed E-state index contributed by atoms with van der Waals surface area (Å²) in [6.45, 7) is 6.28. The highest BCUT2D eigenvalue weighted by atomic mass is 16.4. The zero-order chi connectivity index (χ0) is 14.6. The fourth-order valence-electron chi connectivity index (χ4n) is 1.85. The Morgan fingerprint density at radius 1 is 1.47 bits per heavy atom. The van der Waals surface area contributed by atoms with Crippen molar-refractivity contribution in [3.8, 4) is 0 Å². The van der Waals surface area contributed by atoms with Crippen LogP contribution in [0.5, 0.6) is 0 Å². The molecule has 0 radical (unpaired) electrons. The zero-order valence-electron chi connectivity index (χ0n) is 11.4. The van der Waals surface area contributed by atoms with E-state index in [1.54, 1.807) is 17.9 Å². The van der Waals surface area contributed by atoms with Crippen LogP contribution in [0.25, 0.3) is 0 Å². The van der Waals surface area contributed by atoms with Crippen molar-refractivity contribution in [1.82, 2.24) is 4.98 Å². The highest BCUT2D eigenvalue weighted by molar-refractivity contribution is 5.95. The number of rotatable bonds is 6. The molecule has 0 aromatic carbocycles. The van der Waals surface area contributed by atoms with Crippen LogP contribution in [0.2, 0.25) is 0 Å². The number of primary amides is 1. The zero-order valence-corrected chi connectivity index (χ0v) is 11.4. The summed E-state index contributed by atoms with van der Waals surface area (Å²) in [4.78, 5) is 28.0. The van der Waals surface area contributed by atoms with Gasteiger partial charge in [0.05, 0.1) is 12.2 Å². The Morgan fingerprint density at radius 2 is 2.11 bits per heavy atom. The van der Waals surface area contributed by atoms with E-state index in [4.69, 9.17) is 5.73 Å². The van der Waals surface area contributed by atoms with E-state index in [0.717, 1.165) is 0 Å². The maximum atomic E-state index is 11.2. The SMILES string of the molecule is Cc1cc(N(CC(N)=O)CC(C)C)c(C(=O)O)cn1. The number of aryl methyl sites for hydroxylation is 1. The predicted octanol–water partition coefficient (Wildman–Crippen LogP) is 1.04. The summed E-state index contributed by atoms with van der Waals surface area (Å²) < 4.78 is 0. The number of hydrogen-bond donors (Lipinski definition) is 2. The molecule has 6 heteroatoms. The first kappa shape index (κ1) is 14.9. The van der Waals surface area contributed by atoms with E-state index in [9.17, 15) is 14.7 Å². The van der Waals surface area contributed by atoms with Gasteiger partial charge < -0.3 is 15.7 Å². The van der Waals surface area contributed by atoms with Gasteiger partial charge in [0.1, 0.15) is 5.56 Å². The molecular formula is C13H19N3O3. The van der Waals surface area contributed by atoms with Gasteiger partial charge in [0.2, 0.25) is 5.91 Å². The van der Waals surface area contributed by atoms with Crippen LogP contribution in [0.3, 0.4) is 0 Å². The number of anilines is 1. The fraction of sp³-hybridized carbons (Fsp3) is 0.462. The number of carbonyl (C=O) groups excluding carboxylic acids is 1. The molecule has 0 atom stereocenters. The lowest BCUT2D eigenvalue weighted by atomic mass is 10.1. The molecule has 0 spiro atoms. The fourth-order valence-corrected chi connectivity index (χ4v) is 1.85. The Kier molecular flexibility index (Phi) is 4.86. The summed E-state index contributed by atoms with van der Waals surface area (Å²) in [5.41, 5.74) is 6.48. The highest BCUT2D eigenvalue weighted by Crippen LogP contribution is 2.22. The number of carboxylic acid groups (broad SMARTS) is 1. The lowest BCUT2D eigenvalue weighted by molar-refractivity contribution is -0.116. The van der Waals surface area contributed by atoms with Crippen LogP contribution in [-0.4, -0.2) is 35.1 Å². The lowest BCUT2D eigenvalue weighted by Crippen LogP contribution is -2.37. The number of carboxylic acids is 1. The summed E-state index contributed by atoms with van der Waals surface area (Å²) in [6, 6.07) is 1.66. The molecule has 1 heterocycles. The first-order valence-corrected chi connectivity index (χ1v) is 6.04. The second-order valence-corrected chi connectivity index (χ2v) is 4.89. The molecule has 0 saturated heterocycles. The van der Waals surface area contributed by atoms with Crippen molar-refractivity contribution in [2.75, 3.05) is 18.0 Å². The second kappa shape index (κ2) is 6.17. The van der Waals surface area contributed by atoms with Crippen LogP contribution in [0.15, 0.2) is 12.3 Å². The molecular weight excluding hydrogens is 246 g/mol. The summed E-state index contributed by atoms with van der Waals surface area (Å²) >= 11 is 0. The minimum Gasteiger partial charge on any atom is -0.478 e. The molecule has 0 aliphatic carbocycles. The average molecular weight is 265 g/mol. The largest absolute Gasteiger partial charge is 0.478 e. The van der Waals surface area contributed by atoms with Gasteiger partial charge in [-0.2, -0.15) is 0 Å². The molecule has 0 bridgehead atoms. The highest BCUT2D eigenvalue weighted by Gasteiger charge is 2.19. The van der Waals surface area contributed by atoms with Gasteiger partial charge >= 0.3 is 5.97 Å². The number of aromatic carboxylic acids is 1.